The summed E-state index contributed by atoms with van der Waals surface area (Å²) in [6.45, 7) is 2.61. The maximum Gasteiger partial charge on any atom is 0.339 e. The molecular formula is C22H19N3O3S. The molecule has 0 spiro atoms. The molecule has 0 radical (unpaired) electrons. The lowest BCUT2D eigenvalue weighted by atomic mass is 10.2. The summed E-state index contributed by atoms with van der Waals surface area (Å²) in [4.78, 5) is 21.5. The molecule has 0 aliphatic rings. The van der Waals surface area contributed by atoms with Crippen LogP contribution in [0.1, 0.15) is 22.8 Å². The van der Waals surface area contributed by atoms with Crippen LogP contribution < -0.4 is 10.1 Å². The van der Waals surface area contributed by atoms with E-state index in [-0.39, 0.29) is 5.97 Å². The summed E-state index contributed by atoms with van der Waals surface area (Å²) in [5.41, 5.74) is 2.41. The summed E-state index contributed by atoms with van der Waals surface area (Å²) >= 11 is 1.39. The largest absolute Gasteiger partial charge is 0.489 e. The van der Waals surface area contributed by atoms with Crippen LogP contribution in [0.5, 0.6) is 5.75 Å². The number of benzene rings is 2. The molecule has 29 heavy (non-hydrogen) atoms. The first-order chi connectivity index (χ1) is 14.2. The molecule has 2 aromatic carbocycles. The third kappa shape index (κ3) is 4.35. The van der Waals surface area contributed by atoms with Crippen LogP contribution in [0.4, 0.5) is 11.5 Å². The van der Waals surface area contributed by atoms with Crippen LogP contribution in [0.2, 0.25) is 0 Å². The van der Waals surface area contributed by atoms with E-state index < -0.39 is 0 Å². The predicted octanol–water partition coefficient (Wildman–Crippen LogP) is 5.19. The predicted molar refractivity (Wildman–Crippen MR) is 114 cm³/mol. The van der Waals surface area contributed by atoms with Gasteiger partial charge in [-0.25, -0.2) is 14.8 Å². The molecule has 0 saturated heterocycles. The summed E-state index contributed by atoms with van der Waals surface area (Å²) in [7, 11) is 0. The summed E-state index contributed by atoms with van der Waals surface area (Å²) in [5, 5.41) is 5.68. The quantitative estimate of drug-likeness (QED) is 0.427. The normalized spacial score (nSPS) is 10.7. The van der Waals surface area contributed by atoms with Gasteiger partial charge in [-0.3, -0.25) is 0 Å². The molecule has 2 heterocycles. The molecule has 7 heteroatoms. The minimum atomic E-state index is -0.374. The molecule has 0 atom stereocenters. The number of carbonyl (C=O) groups excluding carboxylic acids is 1. The molecule has 0 fully saturated rings. The molecule has 0 aliphatic heterocycles. The highest BCUT2D eigenvalue weighted by Gasteiger charge is 2.18. The molecule has 2 aromatic heterocycles. The first kappa shape index (κ1) is 18.9. The molecule has 0 bridgehead atoms. The highest BCUT2D eigenvalue weighted by Crippen LogP contribution is 2.31. The van der Waals surface area contributed by atoms with Gasteiger partial charge < -0.3 is 14.8 Å². The summed E-state index contributed by atoms with van der Waals surface area (Å²) in [6.07, 6.45) is 1.48. The van der Waals surface area contributed by atoms with Crippen LogP contribution in [0.3, 0.4) is 0 Å². The number of hydrogen-bond donors (Lipinski definition) is 1. The molecule has 4 rings (SSSR count). The third-order valence-corrected chi connectivity index (χ3v) is 5.12. The molecule has 146 valence electrons. The standard InChI is InChI=1S/C22H19N3O3S/c1-2-27-22(26)18-13-29-21-19(18)20(23-14-24-21)25-16-8-10-17(11-9-16)28-12-15-6-4-3-5-7-15/h3-11,13-14H,2,12H2,1H3,(H,23,24,25). The molecule has 6 nitrogen and oxygen atoms in total. The Morgan fingerprint density at radius 2 is 1.86 bits per heavy atom. The van der Waals surface area contributed by atoms with Gasteiger partial charge in [-0.05, 0) is 36.8 Å². The Kier molecular flexibility index (Phi) is 5.67. The molecule has 0 amide bonds. The Morgan fingerprint density at radius 1 is 1.07 bits per heavy atom. The number of fused-ring (bicyclic) bond motifs is 1. The minimum Gasteiger partial charge on any atom is -0.489 e. The molecule has 0 saturated carbocycles. The zero-order valence-electron chi connectivity index (χ0n) is 15.8. The Balaban J connectivity index is 1.51. The highest BCUT2D eigenvalue weighted by atomic mass is 32.1. The summed E-state index contributed by atoms with van der Waals surface area (Å²) < 4.78 is 11.0. The van der Waals surface area contributed by atoms with Crippen molar-refractivity contribution in [3.63, 3.8) is 0 Å². The molecular weight excluding hydrogens is 386 g/mol. The second kappa shape index (κ2) is 8.70. The lowest BCUT2D eigenvalue weighted by Gasteiger charge is -2.10. The number of hydrogen-bond acceptors (Lipinski definition) is 7. The maximum absolute atomic E-state index is 12.2. The molecule has 0 unspecified atom stereocenters. The van der Waals surface area contributed by atoms with E-state index in [2.05, 4.69) is 15.3 Å². The van der Waals surface area contributed by atoms with Gasteiger partial charge in [0.1, 0.15) is 29.3 Å². The van der Waals surface area contributed by atoms with Crippen LogP contribution in [-0.2, 0) is 11.3 Å². The lowest BCUT2D eigenvalue weighted by Crippen LogP contribution is -2.05. The van der Waals surface area contributed by atoms with Crippen molar-refractivity contribution in [2.75, 3.05) is 11.9 Å². The van der Waals surface area contributed by atoms with E-state index in [0.717, 1.165) is 21.8 Å². The van der Waals surface area contributed by atoms with Crippen molar-refractivity contribution in [2.24, 2.45) is 0 Å². The van der Waals surface area contributed by atoms with E-state index in [9.17, 15) is 4.79 Å². The van der Waals surface area contributed by atoms with Crippen molar-refractivity contribution in [2.45, 2.75) is 13.5 Å². The second-order valence-electron chi connectivity index (χ2n) is 6.20. The fourth-order valence-electron chi connectivity index (χ4n) is 2.84. The first-order valence-corrected chi connectivity index (χ1v) is 10.1. The van der Waals surface area contributed by atoms with Crippen LogP contribution in [0, 0.1) is 0 Å². The number of carbonyl (C=O) groups is 1. The van der Waals surface area contributed by atoms with Gasteiger partial charge >= 0.3 is 5.97 Å². The topological polar surface area (TPSA) is 73.3 Å². The van der Waals surface area contributed by atoms with Gasteiger partial charge in [0, 0.05) is 11.1 Å². The zero-order chi connectivity index (χ0) is 20.1. The Bertz CT molecular complexity index is 1110. The number of nitrogens with zero attached hydrogens (tertiary/aromatic N) is 2. The maximum atomic E-state index is 12.2. The van der Waals surface area contributed by atoms with Crippen molar-refractivity contribution in [1.29, 1.82) is 0 Å². The number of anilines is 2. The van der Waals surface area contributed by atoms with Crippen molar-refractivity contribution >= 4 is 39.0 Å². The minimum absolute atomic E-state index is 0.317. The van der Waals surface area contributed by atoms with Gasteiger partial charge in [0.05, 0.1) is 17.6 Å². The van der Waals surface area contributed by atoms with Crippen molar-refractivity contribution < 1.29 is 14.3 Å². The lowest BCUT2D eigenvalue weighted by molar-refractivity contribution is 0.0529. The van der Waals surface area contributed by atoms with Gasteiger partial charge in [-0.2, -0.15) is 0 Å². The average molecular weight is 405 g/mol. The van der Waals surface area contributed by atoms with Crippen LogP contribution in [0.15, 0.2) is 66.3 Å². The van der Waals surface area contributed by atoms with Gasteiger partial charge in [-0.1, -0.05) is 30.3 Å². The van der Waals surface area contributed by atoms with Crippen molar-refractivity contribution in [3.8, 4) is 5.75 Å². The SMILES string of the molecule is CCOC(=O)c1csc2ncnc(Nc3ccc(OCc4ccccc4)cc3)c12. The van der Waals surface area contributed by atoms with E-state index in [1.165, 1.54) is 17.7 Å². The first-order valence-electron chi connectivity index (χ1n) is 9.17. The Morgan fingerprint density at radius 3 is 2.62 bits per heavy atom. The highest BCUT2D eigenvalue weighted by molar-refractivity contribution is 7.17. The van der Waals surface area contributed by atoms with Crippen LogP contribution in [-0.4, -0.2) is 22.5 Å². The van der Waals surface area contributed by atoms with Gasteiger partial charge in [0.2, 0.25) is 0 Å². The molecule has 4 aromatic rings. The summed E-state index contributed by atoms with van der Waals surface area (Å²) in [5.74, 6) is 0.966. The molecule has 1 N–H and O–H groups in total. The van der Waals surface area contributed by atoms with E-state index in [1.54, 1.807) is 12.3 Å². The van der Waals surface area contributed by atoms with Gasteiger partial charge in [0.25, 0.3) is 0 Å². The number of nitrogens with one attached hydrogen (secondary N) is 1. The Labute approximate surface area is 172 Å². The van der Waals surface area contributed by atoms with Crippen molar-refractivity contribution in [3.05, 3.63) is 77.4 Å². The van der Waals surface area contributed by atoms with Gasteiger partial charge in [-0.15, -0.1) is 11.3 Å². The Hall–Kier alpha value is -3.45. The van der Waals surface area contributed by atoms with Crippen LogP contribution >= 0.6 is 11.3 Å². The fourth-order valence-corrected chi connectivity index (χ4v) is 3.72. The second-order valence-corrected chi connectivity index (χ2v) is 7.05. The van der Waals surface area contributed by atoms with Gasteiger partial charge in [0.15, 0.2) is 0 Å². The van der Waals surface area contributed by atoms with E-state index in [1.807, 2.05) is 54.6 Å². The summed E-state index contributed by atoms with van der Waals surface area (Å²) in [6, 6.07) is 17.6. The number of thiophene rings is 1. The number of aromatic nitrogens is 2. The zero-order valence-corrected chi connectivity index (χ0v) is 16.6. The van der Waals surface area contributed by atoms with E-state index in [4.69, 9.17) is 9.47 Å². The van der Waals surface area contributed by atoms with Crippen LogP contribution in [0.25, 0.3) is 10.2 Å². The fraction of sp³-hybridized carbons (Fsp3) is 0.136. The average Bonchev–Trinajstić information content (AvgIpc) is 3.20. The number of ether oxygens (including phenoxy) is 2. The third-order valence-electron chi connectivity index (χ3n) is 4.23. The number of esters is 1. The van der Waals surface area contributed by atoms with Crippen molar-refractivity contribution in [1.82, 2.24) is 9.97 Å². The number of rotatable bonds is 7. The smallest absolute Gasteiger partial charge is 0.339 e. The monoisotopic (exact) mass is 405 g/mol. The molecule has 0 aliphatic carbocycles. The van der Waals surface area contributed by atoms with E-state index in [0.29, 0.717) is 30.0 Å². The van der Waals surface area contributed by atoms with E-state index >= 15 is 0 Å².